The first kappa shape index (κ1) is 14.8. The molecule has 20 heavy (non-hydrogen) atoms. The zero-order chi connectivity index (χ0) is 14.5. The van der Waals surface area contributed by atoms with Crippen LogP contribution in [0.5, 0.6) is 0 Å². The molecule has 1 atom stereocenters. The molecule has 1 aromatic heterocycles. The van der Waals surface area contributed by atoms with Gasteiger partial charge in [-0.15, -0.1) is 0 Å². The van der Waals surface area contributed by atoms with E-state index in [0.29, 0.717) is 24.9 Å². The predicted molar refractivity (Wildman–Crippen MR) is 72.2 cm³/mol. The molecule has 1 aliphatic rings. The fourth-order valence-corrected chi connectivity index (χ4v) is 2.33. The Morgan fingerprint density at radius 1 is 1.60 bits per heavy atom. The number of nitrogens with zero attached hydrogens (tertiary/aromatic N) is 3. The summed E-state index contributed by atoms with van der Waals surface area (Å²) in [6.07, 6.45) is 1.92. The summed E-state index contributed by atoms with van der Waals surface area (Å²) in [5.41, 5.74) is 0. The number of ether oxygens (including phenoxy) is 1. The fourth-order valence-electron chi connectivity index (χ4n) is 2.33. The van der Waals surface area contributed by atoms with Gasteiger partial charge in [-0.2, -0.15) is 4.98 Å². The Hall–Kier alpha value is -1.63. The SMILES string of the molecule is COCc1nc(C2CCCN(C(=O)NC(C)C)C2)no1. The highest BCUT2D eigenvalue weighted by Crippen LogP contribution is 2.25. The molecule has 1 aliphatic heterocycles. The number of hydrogen-bond donors (Lipinski definition) is 1. The number of carbonyl (C=O) groups is 1. The minimum absolute atomic E-state index is 0.0229. The van der Waals surface area contributed by atoms with Crippen LogP contribution in [0.1, 0.15) is 44.3 Å². The summed E-state index contributed by atoms with van der Waals surface area (Å²) in [5, 5.41) is 6.90. The topological polar surface area (TPSA) is 80.5 Å². The Balaban J connectivity index is 1.97. The third-order valence-corrected chi connectivity index (χ3v) is 3.24. The summed E-state index contributed by atoms with van der Waals surface area (Å²) in [6, 6.07) is 0.117. The molecule has 7 nitrogen and oxygen atoms in total. The van der Waals surface area contributed by atoms with Crippen molar-refractivity contribution in [3.63, 3.8) is 0 Å². The molecule has 0 aromatic carbocycles. The lowest BCUT2D eigenvalue weighted by molar-refractivity contribution is 0.151. The monoisotopic (exact) mass is 282 g/mol. The molecule has 0 radical (unpaired) electrons. The number of hydrogen-bond acceptors (Lipinski definition) is 5. The van der Waals surface area contributed by atoms with Crippen LogP contribution in [0, 0.1) is 0 Å². The Bertz CT molecular complexity index is 447. The van der Waals surface area contributed by atoms with Crippen molar-refractivity contribution >= 4 is 6.03 Å². The number of amides is 2. The van der Waals surface area contributed by atoms with Gasteiger partial charge < -0.3 is 19.5 Å². The third kappa shape index (κ3) is 3.69. The molecule has 2 rings (SSSR count). The first-order valence-corrected chi connectivity index (χ1v) is 6.97. The van der Waals surface area contributed by atoms with Crippen molar-refractivity contribution in [1.82, 2.24) is 20.4 Å². The van der Waals surface area contributed by atoms with Crippen molar-refractivity contribution in [2.24, 2.45) is 0 Å². The lowest BCUT2D eigenvalue weighted by Crippen LogP contribution is -2.47. The smallest absolute Gasteiger partial charge is 0.317 e. The average molecular weight is 282 g/mol. The molecule has 1 N–H and O–H groups in total. The maximum atomic E-state index is 12.0. The molecule has 0 bridgehead atoms. The molecule has 0 saturated carbocycles. The third-order valence-electron chi connectivity index (χ3n) is 3.24. The first-order chi connectivity index (χ1) is 9.60. The molecule has 1 aromatic rings. The van der Waals surface area contributed by atoms with Crippen molar-refractivity contribution in [2.45, 2.75) is 45.3 Å². The summed E-state index contributed by atoms with van der Waals surface area (Å²) >= 11 is 0. The van der Waals surface area contributed by atoms with E-state index in [1.165, 1.54) is 0 Å². The highest BCUT2D eigenvalue weighted by atomic mass is 16.5. The molecule has 2 amide bonds. The number of rotatable bonds is 4. The Kier molecular flexibility index (Phi) is 4.94. The van der Waals surface area contributed by atoms with Crippen LogP contribution in [0.3, 0.4) is 0 Å². The number of methoxy groups -OCH3 is 1. The van der Waals surface area contributed by atoms with Gasteiger partial charge in [0, 0.05) is 32.2 Å². The van der Waals surface area contributed by atoms with E-state index < -0.39 is 0 Å². The van der Waals surface area contributed by atoms with Crippen molar-refractivity contribution in [1.29, 1.82) is 0 Å². The van der Waals surface area contributed by atoms with Crippen LogP contribution in [0.15, 0.2) is 4.52 Å². The largest absolute Gasteiger partial charge is 0.375 e. The zero-order valence-corrected chi connectivity index (χ0v) is 12.3. The Labute approximate surface area is 118 Å². The molecule has 1 unspecified atom stereocenters. The van der Waals surface area contributed by atoms with E-state index in [-0.39, 0.29) is 18.0 Å². The van der Waals surface area contributed by atoms with Crippen LogP contribution in [-0.4, -0.2) is 47.3 Å². The number of nitrogens with one attached hydrogen (secondary N) is 1. The molecule has 0 spiro atoms. The van der Waals surface area contributed by atoms with Gasteiger partial charge in [-0.05, 0) is 26.7 Å². The van der Waals surface area contributed by atoms with Crippen LogP contribution in [0.25, 0.3) is 0 Å². The van der Waals surface area contributed by atoms with Crippen LogP contribution >= 0.6 is 0 Å². The van der Waals surface area contributed by atoms with Gasteiger partial charge in [0.1, 0.15) is 6.61 Å². The lowest BCUT2D eigenvalue weighted by Gasteiger charge is -2.31. The second-order valence-electron chi connectivity index (χ2n) is 5.37. The molecule has 1 saturated heterocycles. The molecule has 112 valence electrons. The standard InChI is InChI=1S/C13H22N4O3/c1-9(2)14-13(18)17-6-4-5-10(7-17)12-15-11(8-19-3)20-16-12/h9-10H,4-8H2,1-3H3,(H,14,18). The summed E-state index contributed by atoms with van der Waals surface area (Å²) in [7, 11) is 1.59. The average Bonchev–Trinajstić information content (AvgIpc) is 2.87. The Morgan fingerprint density at radius 3 is 3.10 bits per heavy atom. The highest BCUT2D eigenvalue weighted by molar-refractivity contribution is 5.74. The minimum Gasteiger partial charge on any atom is -0.375 e. The molecular formula is C13H22N4O3. The number of urea groups is 1. The van der Waals surface area contributed by atoms with Crippen molar-refractivity contribution in [3.8, 4) is 0 Å². The fraction of sp³-hybridized carbons (Fsp3) is 0.769. The van der Waals surface area contributed by atoms with Crippen LogP contribution < -0.4 is 5.32 Å². The first-order valence-electron chi connectivity index (χ1n) is 6.97. The summed E-state index contributed by atoms with van der Waals surface area (Å²) < 4.78 is 10.1. The summed E-state index contributed by atoms with van der Waals surface area (Å²) in [4.78, 5) is 18.2. The van der Waals surface area contributed by atoms with Crippen molar-refractivity contribution in [2.75, 3.05) is 20.2 Å². The number of aromatic nitrogens is 2. The van der Waals surface area contributed by atoms with E-state index in [0.717, 1.165) is 19.4 Å². The van der Waals surface area contributed by atoms with Crippen molar-refractivity contribution in [3.05, 3.63) is 11.7 Å². The maximum absolute atomic E-state index is 12.0. The molecule has 7 heteroatoms. The van der Waals surface area contributed by atoms with Gasteiger partial charge >= 0.3 is 6.03 Å². The highest BCUT2D eigenvalue weighted by Gasteiger charge is 2.28. The number of piperidine rings is 1. The maximum Gasteiger partial charge on any atom is 0.317 e. The van der Waals surface area contributed by atoms with Gasteiger partial charge in [0.15, 0.2) is 5.82 Å². The van der Waals surface area contributed by atoms with Gasteiger partial charge in [0.25, 0.3) is 5.89 Å². The van der Waals surface area contributed by atoms with E-state index >= 15 is 0 Å². The molecule has 2 heterocycles. The van der Waals surface area contributed by atoms with Gasteiger partial charge in [0.05, 0.1) is 0 Å². The predicted octanol–water partition coefficient (Wildman–Crippen LogP) is 1.51. The second-order valence-corrected chi connectivity index (χ2v) is 5.37. The van der Waals surface area contributed by atoms with E-state index in [2.05, 4.69) is 15.5 Å². The van der Waals surface area contributed by atoms with Gasteiger partial charge in [-0.3, -0.25) is 0 Å². The lowest BCUT2D eigenvalue weighted by atomic mass is 9.97. The van der Waals surface area contributed by atoms with E-state index in [1.54, 1.807) is 7.11 Å². The van der Waals surface area contributed by atoms with E-state index in [1.807, 2.05) is 18.7 Å². The minimum atomic E-state index is -0.0229. The van der Waals surface area contributed by atoms with Crippen LogP contribution in [0.2, 0.25) is 0 Å². The van der Waals surface area contributed by atoms with Gasteiger partial charge in [0.2, 0.25) is 0 Å². The zero-order valence-electron chi connectivity index (χ0n) is 12.3. The Morgan fingerprint density at radius 2 is 2.40 bits per heavy atom. The molecule has 0 aliphatic carbocycles. The van der Waals surface area contributed by atoms with Gasteiger partial charge in [-0.25, -0.2) is 4.79 Å². The number of carbonyl (C=O) groups excluding carboxylic acids is 1. The quantitative estimate of drug-likeness (QED) is 0.905. The second kappa shape index (κ2) is 6.69. The van der Waals surface area contributed by atoms with E-state index in [9.17, 15) is 4.79 Å². The van der Waals surface area contributed by atoms with Crippen molar-refractivity contribution < 1.29 is 14.1 Å². The number of likely N-dealkylation sites (tertiary alicyclic amines) is 1. The van der Waals surface area contributed by atoms with Crippen LogP contribution in [0.4, 0.5) is 4.79 Å². The van der Waals surface area contributed by atoms with Gasteiger partial charge in [-0.1, -0.05) is 5.16 Å². The van der Waals surface area contributed by atoms with Crippen LogP contribution in [-0.2, 0) is 11.3 Å². The normalized spacial score (nSPS) is 19.4. The molecular weight excluding hydrogens is 260 g/mol. The molecule has 1 fully saturated rings. The van der Waals surface area contributed by atoms with E-state index in [4.69, 9.17) is 9.26 Å². The summed E-state index contributed by atoms with van der Waals surface area (Å²) in [6.45, 7) is 5.63. The summed E-state index contributed by atoms with van der Waals surface area (Å²) in [5.74, 6) is 1.28.